The number of nitrogens with one attached hydrogen (secondary N) is 1. The van der Waals surface area contributed by atoms with E-state index in [4.69, 9.17) is 0 Å². The summed E-state index contributed by atoms with van der Waals surface area (Å²) in [5.74, 6) is -0.149. The number of benzene rings is 2. The van der Waals surface area contributed by atoms with Gasteiger partial charge in [0, 0.05) is 19.3 Å². The third-order valence-electron chi connectivity index (χ3n) is 3.97. The van der Waals surface area contributed by atoms with E-state index >= 15 is 0 Å². The van der Waals surface area contributed by atoms with Crippen LogP contribution in [0.15, 0.2) is 83.8 Å². The fourth-order valence-corrected chi connectivity index (χ4v) is 2.77. The van der Waals surface area contributed by atoms with Gasteiger partial charge in [-0.1, -0.05) is 60.7 Å². The van der Waals surface area contributed by atoms with Gasteiger partial charge in [0.1, 0.15) is 0 Å². The molecule has 0 atom stereocenters. The number of H-pyrrole nitrogens is 1. The van der Waals surface area contributed by atoms with E-state index in [1.807, 2.05) is 60.7 Å². The first-order valence-corrected chi connectivity index (χ1v) is 7.72. The van der Waals surface area contributed by atoms with Gasteiger partial charge in [0.2, 0.25) is 5.56 Å². The molecule has 0 saturated carbocycles. The molecule has 3 rings (SSSR count). The van der Waals surface area contributed by atoms with Crippen molar-refractivity contribution in [3.05, 3.63) is 106 Å². The Morgan fingerprint density at radius 1 is 0.875 bits per heavy atom. The summed E-state index contributed by atoms with van der Waals surface area (Å²) in [6.07, 6.45) is 1.45. The Balaban J connectivity index is 2.00. The lowest BCUT2D eigenvalue weighted by Gasteiger charge is -2.29. The Morgan fingerprint density at radius 3 is 1.88 bits per heavy atom. The Morgan fingerprint density at radius 2 is 1.42 bits per heavy atom. The number of hydrogen-bond donors (Lipinski definition) is 1. The lowest BCUT2D eigenvalue weighted by molar-refractivity contribution is 0.0754. The third kappa shape index (κ3) is 3.27. The van der Waals surface area contributed by atoms with Crippen LogP contribution < -0.4 is 5.56 Å². The van der Waals surface area contributed by atoms with Crippen LogP contribution >= 0.6 is 0 Å². The summed E-state index contributed by atoms with van der Waals surface area (Å²) < 4.78 is 0. The van der Waals surface area contributed by atoms with Crippen molar-refractivity contribution in [2.24, 2.45) is 0 Å². The standard InChI is InChI=1S/C20H18N2O2/c1-22(20(24)17-12-13-18(23)21-14-17)19(15-8-4-2-5-9-15)16-10-6-3-7-11-16/h2-14,19H,1H3,(H,21,23). The second-order valence-electron chi connectivity index (χ2n) is 5.58. The average molecular weight is 318 g/mol. The molecule has 0 unspecified atom stereocenters. The minimum absolute atomic E-state index is 0.149. The average Bonchev–Trinajstić information content (AvgIpc) is 2.64. The van der Waals surface area contributed by atoms with Crippen molar-refractivity contribution < 1.29 is 4.79 Å². The van der Waals surface area contributed by atoms with Gasteiger partial charge >= 0.3 is 0 Å². The highest BCUT2D eigenvalue weighted by molar-refractivity contribution is 5.94. The first-order chi connectivity index (χ1) is 11.7. The number of aromatic nitrogens is 1. The van der Waals surface area contributed by atoms with Gasteiger partial charge < -0.3 is 9.88 Å². The van der Waals surface area contributed by atoms with Crippen LogP contribution in [0.25, 0.3) is 0 Å². The molecule has 0 fully saturated rings. The van der Waals surface area contributed by atoms with Gasteiger partial charge in [-0.3, -0.25) is 9.59 Å². The molecule has 2 aromatic carbocycles. The molecule has 0 saturated heterocycles. The number of carbonyl (C=O) groups excluding carboxylic acids is 1. The van der Waals surface area contributed by atoms with Crippen molar-refractivity contribution in [3.63, 3.8) is 0 Å². The SMILES string of the molecule is CN(C(=O)c1ccc(=O)[nH]c1)C(c1ccccc1)c1ccccc1. The maximum Gasteiger partial charge on any atom is 0.255 e. The third-order valence-corrected chi connectivity index (χ3v) is 3.97. The monoisotopic (exact) mass is 318 g/mol. The summed E-state index contributed by atoms with van der Waals surface area (Å²) >= 11 is 0. The summed E-state index contributed by atoms with van der Waals surface area (Å²) in [7, 11) is 1.78. The lowest BCUT2D eigenvalue weighted by atomic mass is 9.97. The second kappa shape index (κ2) is 6.96. The minimum atomic E-state index is -0.225. The molecule has 120 valence electrons. The van der Waals surface area contributed by atoms with Crippen molar-refractivity contribution >= 4 is 5.91 Å². The van der Waals surface area contributed by atoms with Gasteiger partial charge in [0.05, 0.1) is 11.6 Å². The highest BCUT2D eigenvalue weighted by atomic mass is 16.2. The van der Waals surface area contributed by atoms with Gasteiger partial charge in [0.25, 0.3) is 5.91 Å². The largest absolute Gasteiger partial charge is 0.331 e. The fraction of sp³-hybridized carbons (Fsp3) is 0.100. The molecular formula is C20H18N2O2. The van der Waals surface area contributed by atoms with Crippen molar-refractivity contribution in [1.82, 2.24) is 9.88 Å². The van der Waals surface area contributed by atoms with E-state index in [0.717, 1.165) is 11.1 Å². The molecule has 3 aromatic rings. The fourth-order valence-electron chi connectivity index (χ4n) is 2.77. The molecule has 4 nitrogen and oxygen atoms in total. The molecule has 1 N–H and O–H groups in total. The van der Waals surface area contributed by atoms with Gasteiger partial charge in [0.15, 0.2) is 0 Å². The number of rotatable bonds is 4. The number of amides is 1. The Kier molecular flexibility index (Phi) is 4.57. The Labute approximate surface area is 140 Å². The Hall–Kier alpha value is -3.14. The first-order valence-electron chi connectivity index (χ1n) is 7.72. The highest BCUT2D eigenvalue weighted by Gasteiger charge is 2.24. The summed E-state index contributed by atoms with van der Waals surface area (Å²) in [4.78, 5) is 28.3. The molecule has 1 amide bonds. The quantitative estimate of drug-likeness (QED) is 0.803. The molecule has 4 heteroatoms. The van der Waals surface area contributed by atoms with Crippen LogP contribution in [0.1, 0.15) is 27.5 Å². The minimum Gasteiger partial charge on any atom is -0.331 e. The smallest absolute Gasteiger partial charge is 0.255 e. The maximum atomic E-state index is 12.8. The molecule has 0 spiro atoms. The van der Waals surface area contributed by atoms with Crippen LogP contribution in [-0.4, -0.2) is 22.8 Å². The van der Waals surface area contributed by atoms with E-state index in [0.29, 0.717) is 5.56 Å². The summed E-state index contributed by atoms with van der Waals surface area (Å²) in [5.41, 5.74) is 2.29. The van der Waals surface area contributed by atoms with E-state index < -0.39 is 0 Å². The normalized spacial score (nSPS) is 10.6. The van der Waals surface area contributed by atoms with E-state index in [2.05, 4.69) is 4.98 Å². The predicted octanol–water partition coefficient (Wildman–Crippen LogP) is 3.24. The van der Waals surface area contributed by atoms with Gasteiger partial charge in [-0.2, -0.15) is 0 Å². The van der Waals surface area contributed by atoms with Crippen LogP contribution in [0.2, 0.25) is 0 Å². The number of hydrogen-bond acceptors (Lipinski definition) is 2. The molecule has 1 heterocycles. The second-order valence-corrected chi connectivity index (χ2v) is 5.58. The van der Waals surface area contributed by atoms with E-state index in [9.17, 15) is 9.59 Å². The van der Waals surface area contributed by atoms with E-state index in [-0.39, 0.29) is 17.5 Å². The van der Waals surface area contributed by atoms with Crippen LogP contribution in [0.4, 0.5) is 0 Å². The number of carbonyl (C=O) groups is 1. The van der Waals surface area contributed by atoms with Gasteiger partial charge in [-0.05, 0) is 17.2 Å². The number of nitrogens with zero attached hydrogens (tertiary/aromatic N) is 1. The molecule has 0 aliphatic carbocycles. The molecule has 24 heavy (non-hydrogen) atoms. The zero-order valence-corrected chi connectivity index (χ0v) is 13.3. The molecule has 0 aliphatic heterocycles. The molecule has 0 aliphatic rings. The molecule has 0 bridgehead atoms. The van der Waals surface area contributed by atoms with Crippen molar-refractivity contribution in [2.45, 2.75) is 6.04 Å². The maximum absolute atomic E-state index is 12.8. The highest BCUT2D eigenvalue weighted by Crippen LogP contribution is 2.28. The molecular weight excluding hydrogens is 300 g/mol. The number of aromatic amines is 1. The zero-order valence-electron chi connectivity index (χ0n) is 13.3. The first kappa shape index (κ1) is 15.7. The van der Waals surface area contributed by atoms with Crippen molar-refractivity contribution in [2.75, 3.05) is 7.05 Å². The topological polar surface area (TPSA) is 53.2 Å². The van der Waals surface area contributed by atoms with Crippen LogP contribution in [0, 0.1) is 0 Å². The molecule has 0 radical (unpaired) electrons. The summed E-state index contributed by atoms with van der Waals surface area (Å²) in [6.45, 7) is 0. The molecule has 1 aromatic heterocycles. The van der Waals surface area contributed by atoms with E-state index in [1.165, 1.54) is 12.3 Å². The zero-order chi connectivity index (χ0) is 16.9. The number of pyridine rings is 1. The lowest BCUT2D eigenvalue weighted by Crippen LogP contribution is -2.32. The van der Waals surface area contributed by atoms with Crippen molar-refractivity contribution in [3.8, 4) is 0 Å². The van der Waals surface area contributed by atoms with Gasteiger partial charge in [-0.15, -0.1) is 0 Å². The Bertz CT molecular complexity index is 813. The van der Waals surface area contributed by atoms with Gasteiger partial charge in [-0.25, -0.2) is 0 Å². The van der Waals surface area contributed by atoms with Crippen LogP contribution in [-0.2, 0) is 0 Å². The van der Waals surface area contributed by atoms with Crippen LogP contribution in [0.5, 0.6) is 0 Å². The summed E-state index contributed by atoms with van der Waals surface area (Å²) in [6, 6.07) is 22.5. The predicted molar refractivity (Wildman–Crippen MR) is 93.9 cm³/mol. The summed E-state index contributed by atoms with van der Waals surface area (Å²) in [5, 5.41) is 0. The van der Waals surface area contributed by atoms with Crippen LogP contribution in [0.3, 0.4) is 0 Å². The van der Waals surface area contributed by atoms with E-state index in [1.54, 1.807) is 18.0 Å². The van der Waals surface area contributed by atoms with Crippen molar-refractivity contribution in [1.29, 1.82) is 0 Å².